The zero-order chi connectivity index (χ0) is 20.4. The van der Waals surface area contributed by atoms with Crippen LogP contribution in [0, 0.1) is 11.3 Å². The van der Waals surface area contributed by atoms with Gasteiger partial charge < -0.3 is 4.57 Å². The molecule has 0 spiro atoms. The summed E-state index contributed by atoms with van der Waals surface area (Å²) in [4.78, 5) is 26.2. The number of imide groups is 1. The third-order valence-corrected chi connectivity index (χ3v) is 5.63. The topological polar surface area (TPSA) is 66.1 Å². The SMILES string of the molecule is C=CCN1C(=O)S/C(=C\c2cn(Cc3ccc(C#N)cc3)c3ccccc23)C1=O. The Labute approximate surface area is 172 Å². The number of hydrogen-bond acceptors (Lipinski definition) is 4. The molecule has 1 aliphatic rings. The third-order valence-electron chi connectivity index (χ3n) is 4.73. The lowest BCUT2D eigenvalue weighted by Crippen LogP contribution is -2.27. The number of rotatable bonds is 5. The van der Waals surface area contributed by atoms with Gasteiger partial charge in [0.15, 0.2) is 0 Å². The van der Waals surface area contributed by atoms with Gasteiger partial charge in [0, 0.05) is 35.8 Å². The Morgan fingerprint density at radius 1 is 1.10 bits per heavy atom. The van der Waals surface area contributed by atoms with Crippen LogP contribution in [-0.4, -0.2) is 27.2 Å². The van der Waals surface area contributed by atoms with E-state index in [1.54, 1.807) is 24.3 Å². The van der Waals surface area contributed by atoms with Crippen molar-refractivity contribution in [2.24, 2.45) is 0 Å². The summed E-state index contributed by atoms with van der Waals surface area (Å²) in [5.74, 6) is -0.288. The molecular weight excluding hydrogens is 382 g/mol. The van der Waals surface area contributed by atoms with Crippen LogP contribution in [0.15, 0.2) is 72.3 Å². The number of hydrogen-bond donors (Lipinski definition) is 0. The Balaban J connectivity index is 1.71. The molecule has 1 fully saturated rings. The van der Waals surface area contributed by atoms with Crippen molar-refractivity contribution in [3.8, 4) is 6.07 Å². The second-order valence-corrected chi connectivity index (χ2v) is 7.61. The summed E-state index contributed by atoms with van der Waals surface area (Å²) in [5, 5.41) is 9.70. The highest BCUT2D eigenvalue weighted by Gasteiger charge is 2.34. The van der Waals surface area contributed by atoms with E-state index in [1.807, 2.05) is 42.6 Å². The molecule has 2 amide bonds. The number of para-hydroxylation sites is 1. The number of fused-ring (bicyclic) bond motifs is 1. The number of carbonyl (C=O) groups excluding carboxylic acids is 2. The lowest BCUT2D eigenvalue weighted by molar-refractivity contribution is -0.122. The zero-order valence-electron chi connectivity index (χ0n) is 15.5. The average molecular weight is 399 g/mol. The highest BCUT2D eigenvalue weighted by atomic mass is 32.2. The van der Waals surface area contributed by atoms with Crippen molar-refractivity contribution in [1.29, 1.82) is 5.26 Å². The quantitative estimate of drug-likeness (QED) is 0.457. The molecule has 5 nitrogen and oxygen atoms in total. The molecule has 0 N–H and O–H groups in total. The van der Waals surface area contributed by atoms with E-state index in [2.05, 4.69) is 17.2 Å². The predicted molar refractivity (Wildman–Crippen MR) is 115 cm³/mol. The number of carbonyl (C=O) groups is 2. The minimum atomic E-state index is -0.288. The van der Waals surface area contributed by atoms with Crippen molar-refractivity contribution in [3.05, 3.63) is 89.0 Å². The lowest BCUT2D eigenvalue weighted by atomic mass is 10.1. The summed E-state index contributed by atoms with van der Waals surface area (Å²) < 4.78 is 2.11. The molecule has 1 aliphatic heterocycles. The summed E-state index contributed by atoms with van der Waals surface area (Å²) in [5.41, 5.74) is 3.62. The van der Waals surface area contributed by atoms with Crippen LogP contribution in [-0.2, 0) is 11.3 Å². The maximum absolute atomic E-state index is 12.5. The summed E-state index contributed by atoms with van der Waals surface area (Å²) in [7, 11) is 0. The Morgan fingerprint density at radius 2 is 1.86 bits per heavy atom. The third kappa shape index (κ3) is 3.60. The van der Waals surface area contributed by atoms with Gasteiger partial charge in [0.05, 0.1) is 16.5 Å². The molecular formula is C23H17N3O2S. The van der Waals surface area contributed by atoms with Crippen molar-refractivity contribution < 1.29 is 9.59 Å². The summed E-state index contributed by atoms with van der Waals surface area (Å²) in [6, 6.07) is 17.6. The van der Waals surface area contributed by atoms with Gasteiger partial charge in [-0.15, -0.1) is 6.58 Å². The molecule has 2 aromatic carbocycles. The average Bonchev–Trinajstić information content (AvgIpc) is 3.21. The standard InChI is InChI=1S/C23H17N3O2S/c1-2-11-26-22(27)21(29-23(26)28)12-18-15-25(20-6-4-3-5-19(18)20)14-17-9-7-16(13-24)8-10-17/h2-10,12,15H,1,11,14H2/b21-12-. The molecule has 142 valence electrons. The first kappa shape index (κ1) is 18.8. The Kier molecular flexibility index (Phi) is 5.07. The fourth-order valence-electron chi connectivity index (χ4n) is 3.33. The number of amides is 2. The fourth-order valence-corrected chi connectivity index (χ4v) is 4.17. The van der Waals surface area contributed by atoms with E-state index in [0.717, 1.165) is 33.8 Å². The van der Waals surface area contributed by atoms with Gasteiger partial charge in [0.2, 0.25) is 0 Å². The van der Waals surface area contributed by atoms with E-state index in [-0.39, 0.29) is 17.7 Å². The van der Waals surface area contributed by atoms with Crippen LogP contribution in [0.5, 0.6) is 0 Å². The summed E-state index contributed by atoms with van der Waals surface area (Å²) >= 11 is 0.953. The molecule has 1 aromatic heterocycles. The Bertz CT molecular complexity index is 1200. The van der Waals surface area contributed by atoms with E-state index in [4.69, 9.17) is 5.26 Å². The van der Waals surface area contributed by atoms with Gasteiger partial charge in [0.25, 0.3) is 11.1 Å². The van der Waals surface area contributed by atoms with E-state index >= 15 is 0 Å². The maximum atomic E-state index is 12.5. The van der Waals surface area contributed by atoms with E-state index in [0.29, 0.717) is 17.0 Å². The van der Waals surface area contributed by atoms with Crippen molar-refractivity contribution in [3.63, 3.8) is 0 Å². The molecule has 6 heteroatoms. The molecule has 4 rings (SSSR count). The number of thioether (sulfide) groups is 1. The minimum Gasteiger partial charge on any atom is -0.342 e. The van der Waals surface area contributed by atoms with E-state index < -0.39 is 0 Å². The maximum Gasteiger partial charge on any atom is 0.293 e. The molecule has 0 radical (unpaired) electrons. The normalized spacial score (nSPS) is 15.3. The molecule has 1 saturated heterocycles. The number of aromatic nitrogens is 1. The molecule has 0 saturated carbocycles. The van der Waals surface area contributed by atoms with Crippen molar-refractivity contribution >= 4 is 39.9 Å². The van der Waals surface area contributed by atoms with Gasteiger partial charge >= 0.3 is 0 Å². The minimum absolute atomic E-state index is 0.211. The summed E-state index contributed by atoms with van der Waals surface area (Å²) in [6.45, 7) is 4.45. The van der Waals surface area contributed by atoms with Gasteiger partial charge in [-0.05, 0) is 41.6 Å². The smallest absolute Gasteiger partial charge is 0.293 e. The Morgan fingerprint density at radius 3 is 2.59 bits per heavy atom. The molecule has 2 heterocycles. The van der Waals surface area contributed by atoms with E-state index in [9.17, 15) is 9.59 Å². The first-order chi connectivity index (χ1) is 14.1. The van der Waals surface area contributed by atoms with Gasteiger partial charge in [-0.25, -0.2) is 0 Å². The van der Waals surface area contributed by atoms with Gasteiger partial charge in [-0.3, -0.25) is 14.5 Å². The van der Waals surface area contributed by atoms with Crippen LogP contribution in [0.4, 0.5) is 4.79 Å². The van der Waals surface area contributed by atoms with Crippen LogP contribution in [0.25, 0.3) is 17.0 Å². The number of nitrogens with zero attached hydrogens (tertiary/aromatic N) is 3. The van der Waals surface area contributed by atoms with E-state index in [1.165, 1.54) is 4.90 Å². The second kappa shape index (κ2) is 7.82. The first-order valence-electron chi connectivity index (χ1n) is 9.04. The van der Waals surface area contributed by atoms with Crippen LogP contribution >= 0.6 is 11.8 Å². The molecule has 0 bridgehead atoms. The molecule has 0 unspecified atom stereocenters. The van der Waals surface area contributed by atoms with Crippen LogP contribution < -0.4 is 0 Å². The molecule has 0 atom stereocenters. The number of benzene rings is 2. The molecule has 29 heavy (non-hydrogen) atoms. The zero-order valence-corrected chi connectivity index (χ0v) is 16.4. The van der Waals surface area contributed by atoms with Crippen molar-refractivity contribution in [2.75, 3.05) is 6.54 Å². The van der Waals surface area contributed by atoms with Gasteiger partial charge in [0.1, 0.15) is 0 Å². The largest absolute Gasteiger partial charge is 0.342 e. The van der Waals surface area contributed by atoms with Crippen LogP contribution in [0.3, 0.4) is 0 Å². The molecule has 0 aliphatic carbocycles. The van der Waals surface area contributed by atoms with Crippen molar-refractivity contribution in [2.45, 2.75) is 6.54 Å². The van der Waals surface area contributed by atoms with Gasteiger partial charge in [-0.1, -0.05) is 36.4 Å². The second-order valence-electron chi connectivity index (χ2n) is 6.62. The Hall–Kier alpha value is -3.56. The first-order valence-corrected chi connectivity index (χ1v) is 9.85. The highest BCUT2D eigenvalue weighted by Crippen LogP contribution is 2.34. The highest BCUT2D eigenvalue weighted by molar-refractivity contribution is 8.18. The fraction of sp³-hybridized carbons (Fsp3) is 0.0870. The van der Waals surface area contributed by atoms with Gasteiger partial charge in [-0.2, -0.15) is 5.26 Å². The lowest BCUT2D eigenvalue weighted by Gasteiger charge is -2.07. The monoisotopic (exact) mass is 399 g/mol. The summed E-state index contributed by atoms with van der Waals surface area (Å²) in [6.07, 6.45) is 5.32. The number of nitriles is 1. The predicted octanol–water partition coefficient (Wildman–Crippen LogP) is 4.78. The van der Waals surface area contributed by atoms with Crippen LogP contribution in [0.1, 0.15) is 16.7 Å². The van der Waals surface area contributed by atoms with Crippen LogP contribution in [0.2, 0.25) is 0 Å². The molecule has 3 aromatic rings. The van der Waals surface area contributed by atoms with Crippen molar-refractivity contribution in [1.82, 2.24) is 9.47 Å².